The first-order chi connectivity index (χ1) is 13.5. The normalized spacial score (nSPS) is 10.3. The van der Waals surface area contributed by atoms with E-state index in [2.05, 4.69) is 113 Å². The zero-order valence-electron chi connectivity index (χ0n) is 19.7. The molecule has 146 valence electrons. The van der Waals surface area contributed by atoms with Crippen molar-refractivity contribution in [2.75, 3.05) is 0 Å². The largest absolute Gasteiger partial charge is 1.00 e. The zero-order valence-corrected chi connectivity index (χ0v) is 19.7. The van der Waals surface area contributed by atoms with Gasteiger partial charge in [0.15, 0.2) is 0 Å². The Morgan fingerprint density at radius 2 is 0.833 bits per heavy atom. The van der Waals surface area contributed by atoms with Gasteiger partial charge in [0.25, 0.3) is 0 Å². The summed E-state index contributed by atoms with van der Waals surface area (Å²) in [6.45, 7) is 9.19. The Bertz CT molecular complexity index is 772. The summed E-state index contributed by atoms with van der Waals surface area (Å²) in [4.78, 5) is 0. The molecule has 3 aromatic rings. The fourth-order valence-corrected chi connectivity index (χ4v) is 3.79. The summed E-state index contributed by atoms with van der Waals surface area (Å²) in [7, 11) is 0. The van der Waals surface area contributed by atoms with E-state index in [4.69, 9.17) is 0 Å². The van der Waals surface area contributed by atoms with Crippen LogP contribution < -0.4 is 37.7 Å². The maximum absolute atomic E-state index is 2.40. The summed E-state index contributed by atoms with van der Waals surface area (Å²) in [5.41, 5.74) is 5.35. The molecule has 0 saturated carbocycles. The van der Waals surface area contributed by atoms with Crippen molar-refractivity contribution in [1.82, 2.24) is 0 Å². The van der Waals surface area contributed by atoms with Crippen LogP contribution in [0.3, 0.4) is 0 Å². The summed E-state index contributed by atoms with van der Waals surface area (Å²) in [6.07, 6.45) is 2.16. The van der Waals surface area contributed by atoms with Crippen LogP contribution in [0.1, 0.15) is 62.8 Å². The fraction of sp³-hybridized carbons (Fsp3) is 0.286. The Balaban J connectivity index is 0.00000225. The van der Waals surface area contributed by atoms with E-state index in [1.807, 2.05) is 0 Å². The second kappa shape index (κ2) is 13.1. The van der Waals surface area contributed by atoms with Crippen LogP contribution in [0.4, 0.5) is 0 Å². The topological polar surface area (TPSA) is 0 Å². The van der Waals surface area contributed by atoms with E-state index in [1.54, 1.807) is 0 Å². The van der Waals surface area contributed by atoms with E-state index < -0.39 is 0 Å². The minimum Gasteiger partial charge on any atom is -0.129 e. The summed E-state index contributed by atoms with van der Waals surface area (Å²) >= 11 is 0. The van der Waals surface area contributed by atoms with Crippen LogP contribution >= 0.6 is 0 Å². The van der Waals surface area contributed by atoms with Gasteiger partial charge in [-0.15, -0.1) is 82.6 Å². The second-order valence-electron chi connectivity index (χ2n) is 8.47. The van der Waals surface area contributed by atoms with Gasteiger partial charge in [0.05, 0.1) is 0 Å². The standard InChI is InChI=1S/C28H32.2Li/c1-21(2)18-27(23-12-7-5-8-13-23)25-16-11-17-26(20-25)28(19-22(3)4)24-14-9-6-10-15-24;;/h5-17,20-22H,18-19H2,1-4H3;;/q-2;2*+1. The molecule has 3 rings (SSSR count). The predicted octanol–water partition coefficient (Wildman–Crippen LogP) is 1.73. The molecule has 0 saturated heterocycles. The van der Waals surface area contributed by atoms with Crippen LogP contribution in [-0.4, -0.2) is 0 Å². The molecule has 0 aliphatic heterocycles. The monoisotopic (exact) mass is 382 g/mol. The van der Waals surface area contributed by atoms with Gasteiger partial charge in [-0.2, -0.15) is 0 Å². The van der Waals surface area contributed by atoms with Crippen molar-refractivity contribution >= 4 is 0 Å². The molecular weight excluding hydrogens is 350 g/mol. The minimum atomic E-state index is 0. The van der Waals surface area contributed by atoms with Gasteiger partial charge in [0, 0.05) is 0 Å². The third-order valence-electron chi connectivity index (χ3n) is 5.03. The molecule has 0 radical (unpaired) electrons. The van der Waals surface area contributed by atoms with Crippen molar-refractivity contribution in [3.63, 3.8) is 0 Å². The summed E-state index contributed by atoms with van der Waals surface area (Å²) in [6, 6.07) is 30.8. The van der Waals surface area contributed by atoms with E-state index in [9.17, 15) is 0 Å². The van der Waals surface area contributed by atoms with Gasteiger partial charge in [-0.1, -0.05) is 76.9 Å². The first-order valence-corrected chi connectivity index (χ1v) is 10.5. The van der Waals surface area contributed by atoms with Crippen LogP contribution in [0.15, 0.2) is 84.9 Å². The number of hydrogen-bond acceptors (Lipinski definition) is 0. The Morgan fingerprint density at radius 3 is 1.17 bits per heavy atom. The van der Waals surface area contributed by atoms with E-state index in [-0.39, 0.29) is 37.7 Å². The van der Waals surface area contributed by atoms with Gasteiger partial charge >= 0.3 is 37.7 Å². The average Bonchev–Trinajstić information content (AvgIpc) is 2.71. The van der Waals surface area contributed by atoms with Gasteiger partial charge in [0.2, 0.25) is 0 Å². The maximum Gasteiger partial charge on any atom is 1.00 e. The third-order valence-corrected chi connectivity index (χ3v) is 5.03. The van der Waals surface area contributed by atoms with Crippen molar-refractivity contribution in [1.29, 1.82) is 0 Å². The molecule has 0 amide bonds. The molecule has 0 fully saturated rings. The van der Waals surface area contributed by atoms with Gasteiger partial charge in [-0.3, -0.25) is 0 Å². The summed E-state index contributed by atoms with van der Waals surface area (Å²) in [5, 5.41) is 0. The van der Waals surface area contributed by atoms with E-state index >= 15 is 0 Å². The van der Waals surface area contributed by atoms with Crippen molar-refractivity contribution < 1.29 is 37.7 Å². The Hall–Kier alpha value is -1.41. The molecule has 2 heteroatoms. The molecule has 3 aromatic carbocycles. The SMILES string of the molecule is CC(C)C[C-](c1ccccc1)c1cccc([C-](CC(C)C)c2ccccc2)c1.[Li+].[Li+]. The predicted molar refractivity (Wildman–Crippen MR) is 121 cm³/mol. The third kappa shape index (κ3) is 7.38. The van der Waals surface area contributed by atoms with E-state index in [1.165, 1.54) is 34.1 Å². The smallest absolute Gasteiger partial charge is 0.129 e. The number of hydrogen-bond donors (Lipinski definition) is 0. The van der Waals surface area contributed by atoms with Gasteiger partial charge < -0.3 is 0 Å². The van der Waals surface area contributed by atoms with Crippen molar-refractivity contribution in [3.05, 3.63) is 119 Å². The Labute approximate surface area is 208 Å². The van der Waals surface area contributed by atoms with E-state index in [0.717, 1.165) is 12.8 Å². The fourth-order valence-electron chi connectivity index (χ4n) is 3.79. The molecule has 0 unspecified atom stereocenters. The molecule has 0 atom stereocenters. The van der Waals surface area contributed by atoms with Crippen molar-refractivity contribution in [2.24, 2.45) is 11.8 Å². The average molecular weight is 382 g/mol. The number of benzene rings is 3. The van der Waals surface area contributed by atoms with Crippen LogP contribution in [0.25, 0.3) is 0 Å². The Kier molecular flexibility index (Phi) is 11.6. The first kappa shape index (κ1) is 26.6. The first-order valence-electron chi connectivity index (χ1n) is 10.5. The molecular formula is C28H32Li2. The quantitative estimate of drug-likeness (QED) is 0.411. The molecule has 0 heterocycles. The van der Waals surface area contributed by atoms with Gasteiger partial charge in [-0.25, -0.2) is 0 Å². The molecule has 0 N–H and O–H groups in total. The maximum atomic E-state index is 2.40. The van der Waals surface area contributed by atoms with E-state index in [0.29, 0.717) is 11.8 Å². The molecule has 0 bridgehead atoms. The Morgan fingerprint density at radius 1 is 0.500 bits per heavy atom. The molecule has 0 aliphatic carbocycles. The van der Waals surface area contributed by atoms with Crippen molar-refractivity contribution in [3.8, 4) is 0 Å². The summed E-state index contributed by atoms with van der Waals surface area (Å²) < 4.78 is 0. The van der Waals surface area contributed by atoms with Crippen LogP contribution in [-0.2, 0) is 0 Å². The van der Waals surface area contributed by atoms with Crippen LogP contribution in [0, 0.1) is 23.7 Å². The second-order valence-corrected chi connectivity index (χ2v) is 8.47. The van der Waals surface area contributed by atoms with Gasteiger partial charge in [0.1, 0.15) is 0 Å². The van der Waals surface area contributed by atoms with Crippen molar-refractivity contribution in [2.45, 2.75) is 40.5 Å². The molecule has 0 aromatic heterocycles. The molecule has 0 nitrogen and oxygen atoms in total. The van der Waals surface area contributed by atoms with Crippen LogP contribution in [0.2, 0.25) is 0 Å². The van der Waals surface area contributed by atoms with Gasteiger partial charge in [-0.05, 0) is 11.8 Å². The van der Waals surface area contributed by atoms with Crippen LogP contribution in [0.5, 0.6) is 0 Å². The number of rotatable bonds is 8. The molecule has 0 spiro atoms. The molecule has 30 heavy (non-hydrogen) atoms. The summed E-state index contributed by atoms with van der Waals surface area (Å²) in [5.74, 6) is 4.11. The molecule has 0 aliphatic rings. The zero-order chi connectivity index (χ0) is 19.9. The minimum absolute atomic E-state index is 0.